The number of rotatable bonds is 3. The number of nitrogens with zero attached hydrogens (tertiary/aromatic N) is 1. The lowest BCUT2D eigenvalue weighted by molar-refractivity contribution is 0.520. The molecule has 0 bridgehead atoms. The van der Waals surface area contributed by atoms with Gasteiger partial charge in [0.2, 0.25) is 10.0 Å². The Hall–Kier alpha value is -2.69. The first-order valence-corrected chi connectivity index (χ1v) is 10.8. The molecule has 1 aliphatic rings. The average Bonchev–Trinajstić information content (AvgIpc) is 2.86. The standard InChI is InChI=1S/C24H23NO2S/c1-25(2)28(26,27)24-14-8-5-11-20(24)17-23-21-12-6-3-9-18(21)15-16-19-10-4-7-13-22(19)23/h3-14,17H,15-16H2,1-2H3. The highest BCUT2D eigenvalue weighted by molar-refractivity contribution is 7.89. The summed E-state index contributed by atoms with van der Waals surface area (Å²) >= 11 is 0. The van der Waals surface area contributed by atoms with Crippen molar-refractivity contribution in [3.05, 3.63) is 101 Å². The van der Waals surface area contributed by atoms with E-state index in [9.17, 15) is 8.42 Å². The van der Waals surface area contributed by atoms with Gasteiger partial charge in [-0.2, -0.15) is 0 Å². The molecule has 0 radical (unpaired) electrons. The molecular weight excluding hydrogens is 366 g/mol. The van der Waals surface area contributed by atoms with Crippen molar-refractivity contribution in [2.24, 2.45) is 0 Å². The average molecular weight is 390 g/mol. The van der Waals surface area contributed by atoms with Crippen molar-refractivity contribution in [2.75, 3.05) is 14.1 Å². The maximum atomic E-state index is 12.9. The van der Waals surface area contributed by atoms with E-state index in [4.69, 9.17) is 0 Å². The normalized spacial score (nSPS) is 13.6. The summed E-state index contributed by atoms with van der Waals surface area (Å²) in [5.74, 6) is 0. The van der Waals surface area contributed by atoms with Crippen molar-refractivity contribution in [3.63, 3.8) is 0 Å². The van der Waals surface area contributed by atoms with Crippen molar-refractivity contribution >= 4 is 21.7 Å². The number of benzene rings is 3. The van der Waals surface area contributed by atoms with Crippen LogP contribution in [0.5, 0.6) is 0 Å². The Bertz CT molecular complexity index is 1110. The second-order valence-corrected chi connectivity index (χ2v) is 9.32. The molecule has 3 aromatic rings. The summed E-state index contributed by atoms with van der Waals surface area (Å²) in [5, 5.41) is 0. The monoisotopic (exact) mass is 389 g/mol. The van der Waals surface area contributed by atoms with Crippen molar-refractivity contribution in [1.82, 2.24) is 4.31 Å². The minimum atomic E-state index is -3.53. The van der Waals surface area contributed by atoms with Crippen molar-refractivity contribution < 1.29 is 8.42 Å². The molecule has 142 valence electrons. The summed E-state index contributed by atoms with van der Waals surface area (Å²) in [4.78, 5) is 0.326. The number of hydrogen-bond donors (Lipinski definition) is 0. The van der Waals surface area contributed by atoms with Gasteiger partial charge in [-0.15, -0.1) is 0 Å². The second-order valence-electron chi connectivity index (χ2n) is 7.20. The number of sulfonamides is 1. The van der Waals surface area contributed by atoms with Crippen LogP contribution in [0.3, 0.4) is 0 Å². The zero-order valence-electron chi connectivity index (χ0n) is 16.1. The summed E-state index contributed by atoms with van der Waals surface area (Å²) in [7, 11) is -0.403. The lowest BCUT2D eigenvalue weighted by atomic mass is 9.92. The summed E-state index contributed by atoms with van der Waals surface area (Å²) < 4.78 is 27.0. The predicted molar refractivity (Wildman–Crippen MR) is 115 cm³/mol. The molecule has 0 N–H and O–H groups in total. The molecule has 4 heteroatoms. The van der Waals surface area contributed by atoms with E-state index < -0.39 is 10.0 Å². The Kier molecular flexibility index (Phi) is 4.92. The van der Waals surface area contributed by atoms with E-state index in [0.29, 0.717) is 10.5 Å². The van der Waals surface area contributed by atoms with Gasteiger partial charge in [0.1, 0.15) is 0 Å². The molecular formula is C24H23NO2S. The van der Waals surface area contributed by atoms with Crippen LogP contribution in [0.25, 0.3) is 11.6 Å². The first-order valence-electron chi connectivity index (χ1n) is 9.38. The van der Waals surface area contributed by atoms with E-state index in [0.717, 1.165) is 18.4 Å². The minimum absolute atomic E-state index is 0.326. The molecule has 0 amide bonds. The summed E-state index contributed by atoms with van der Waals surface area (Å²) in [6, 6.07) is 24.0. The quantitative estimate of drug-likeness (QED) is 0.655. The first kappa shape index (κ1) is 18.7. The molecule has 1 aliphatic carbocycles. The molecule has 3 aromatic carbocycles. The lowest BCUT2D eigenvalue weighted by Gasteiger charge is -2.16. The lowest BCUT2D eigenvalue weighted by Crippen LogP contribution is -2.22. The van der Waals surface area contributed by atoms with Crippen LogP contribution in [0.1, 0.15) is 27.8 Å². The van der Waals surface area contributed by atoms with Gasteiger partial charge in [-0.1, -0.05) is 66.7 Å². The van der Waals surface area contributed by atoms with Gasteiger partial charge in [0.25, 0.3) is 0 Å². The smallest absolute Gasteiger partial charge is 0.207 e. The van der Waals surface area contributed by atoms with Gasteiger partial charge in [-0.3, -0.25) is 0 Å². The van der Waals surface area contributed by atoms with Gasteiger partial charge in [0.15, 0.2) is 0 Å². The van der Waals surface area contributed by atoms with E-state index in [-0.39, 0.29) is 0 Å². The maximum Gasteiger partial charge on any atom is 0.243 e. The second kappa shape index (κ2) is 7.38. The van der Waals surface area contributed by atoms with Crippen LogP contribution in [-0.4, -0.2) is 26.8 Å². The van der Waals surface area contributed by atoms with Crippen LogP contribution in [0.2, 0.25) is 0 Å². The topological polar surface area (TPSA) is 37.4 Å². The fourth-order valence-electron chi connectivity index (χ4n) is 3.76. The molecule has 28 heavy (non-hydrogen) atoms. The number of hydrogen-bond acceptors (Lipinski definition) is 2. The van der Waals surface area contributed by atoms with Gasteiger partial charge in [0, 0.05) is 14.1 Å². The predicted octanol–water partition coefficient (Wildman–Crippen LogP) is 4.62. The van der Waals surface area contributed by atoms with Gasteiger partial charge in [-0.25, -0.2) is 12.7 Å². The van der Waals surface area contributed by atoms with Crippen LogP contribution < -0.4 is 0 Å². The molecule has 0 heterocycles. The first-order chi connectivity index (χ1) is 13.5. The molecule has 0 aromatic heterocycles. The largest absolute Gasteiger partial charge is 0.243 e. The zero-order valence-corrected chi connectivity index (χ0v) is 16.9. The van der Waals surface area contributed by atoms with Crippen LogP contribution in [0.15, 0.2) is 77.7 Å². The Balaban J connectivity index is 2.00. The van der Waals surface area contributed by atoms with Gasteiger partial charge >= 0.3 is 0 Å². The minimum Gasteiger partial charge on any atom is -0.207 e. The third-order valence-corrected chi connectivity index (χ3v) is 7.15. The van der Waals surface area contributed by atoms with Gasteiger partial charge < -0.3 is 0 Å². The van der Waals surface area contributed by atoms with Crippen molar-refractivity contribution in [3.8, 4) is 0 Å². The Morgan fingerprint density at radius 3 is 1.82 bits per heavy atom. The van der Waals surface area contributed by atoms with Crippen LogP contribution in [-0.2, 0) is 22.9 Å². The molecule has 0 atom stereocenters. The summed E-state index contributed by atoms with van der Waals surface area (Å²) in [5.41, 5.74) is 6.70. The SMILES string of the molecule is CN(C)S(=O)(=O)c1ccccc1C=C1c2ccccc2CCc2ccccc21. The highest BCUT2D eigenvalue weighted by Crippen LogP contribution is 2.35. The Morgan fingerprint density at radius 1 is 0.750 bits per heavy atom. The summed E-state index contributed by atoms with van der Waals surface area (Å²) in [6.07, 6.45) is 3.98. The van der Waals surface area contributed by atoms with E-state index in [1.807, 2.05) is 30.3 Å². The van der Waals surface area contributed by atoms with E-state index in [1.54, 1.807) is 26.2 Å². The molecule has 0 aliphatic heterocycles. The van der Waals surface area contributed by atoms with E-state index in [2.05, 4.69) is 36.4 Å². The fourth-order valence-corrected chi connectivity index (χ4v) is 4.83. The molecule has 0 unspecified atom stereocenters. The summed E-state index contributed by atoms with van der Waals surface area (Å²) in [6.45, 7) is 0. The Labute approximate surface area is 167 Å². The molecule has 0 saturated carbocycles. The fraction of sp³-hybridized carbons (Fsp3) is 0.167. The number of aryl methyl sites for hydroxylation is 2. The molecule has 0 fully saturated rings. The molecule has 3 nitrogen and oxygen atoms in total. The van der Waals surface area contributed by atoms with Crippen LogP contribution >= 0.6 is 0 Å². The third kappa shape index (κ3) is 3.30. The molecule has 0 saturated heterocycles. The highest BCUT2D eigenvalue weighted by atomic mass is 32.2. The number of fused-ring (bicyclic) bond motifs is 2. The maximum absolute atomic E-state index is 12.9. The van der Waals surface area contributed by atoms with E-state index >= 15 is 0 Å². The van der Waals surface area contributed by atoms with Crippen molar-refractivity contribution in [1.29, 1.82) is 0 Å². The third-order valence-electron chi connectivity index (χ3n) is 5.26. The Morgan fingerprint density at radius 2 is 1.25 bits per heavy atom. The van der Waals surface area contributed by atoms with Crippen LogP contribution in [0, 0.1) is 0 Å². The van der Waals surface area contributed by atoms with Crippen molar-refractivity contribution in [2.45, 2.75) is 17.7 Å². The van der Waals surface area contributed by atoms with Gasteiger partial charge in [-0.05, 0) is 58.4 Å². The van der Waals surface area contributed by atoms with E-state index in [1.165, 1.54) is 26.6 Å². The zero-order chi connectivity index (χ0) is 19.7. The van der Waals surface area contributed by atoms with Crippen LogP contribution in [0.4, 0.5) is 0 Å². The molecule has 0 spiro atoms. The highest BCUT2D eigenvalue weighted by Gasteiger charge is 2.22. The molecule has 4 rings (SSSR count). The van der Waals surface area contributed by atoms with Gasteiger partial charge in [0.05, 0.1) is 4.90 Å².